The fourth-order valence-electron chi connectivity index (χ4n) is 3.42. The molecule has 3 heteroatoms. The van der Waals surface area contributed by atoms with Crippen LogP contribution in [0.5, 0.6) is 0 Å². The number of hydrogen-bond donors (Lipinski definition) is 1. The molecule has 3 nitrogen and oxygen atoms in total. The van der Waals surface area contributed by atoms with Crippen molar-refractivity contribution in [2.45, 2.75) is 64.6 Å². The molecule has 0 radical (unpaired) electrons. The van der Waals surface area contributed by atoms with Crippen molar-refractivity contribution in [1.82, 2.24) is 9.80 Å². The molecule has 2 saturated heterocycles. The Balaban J connectivity index is 1.81. The third kappa shape index (κ3) is 3.25. The molecule has 0 aliphatic carbocycles. The molecule has 2 heterocycles. The maximum atomic E-state index is 5.99. The van der Waals surface area contributed by atoms with E-state index in [4.69, 9.17) is 5.73 Å². The highest BCUT2D eigenvalue weighted by molar-refractivity contribution is 4.89. The largest absolute Gasteiger partial charge is 0.328 e. The number of nitrogens with zero attached hydrogens (tertiary/aromatic N) is 2. The lowest BCUT2D eigenvalue weighted by atomic mass is 10.00. The minimum Gasteiger partial charge on any atom is -0.328 e. The first-order valence-electron chi connectivity index (χ1n) is 7.85. The van der Waals surface area contributed by atoms with E-state index in [0.717, 1.165) is 18.0 Å². The van der Waals surface area contributed by atoms with E-state index >= 15 is 0 Å². The summed E-state index contributed by atoms with van der Waals surface area (Å²) in [7, 11) is 0. The summed E-state index contributed by atoms with van der Waals surface area (Å²) in [6.07, 6.45) is 5.03. The van der Waals surface area contributed by atoms with Crippen LogP contribution in [0.1, 0.15) is 46.5 Å². The molecule has 2 N–H and O–H groups in total. The zero-order chi connectivity index (χ0) is 13.1. The molecule has 2 fully saturated rings. The van der Waals surface area contributed by atoms with Crippen molar-refractivity contribution in [1.29, 1.82) is 0 Å². The van der Waals surface area contributed by atoms with Gasteiger partial charge in [-0.25, -0.2) is 0 Å². The highest BCUT2D eigenvalue weighted by Gasteiger charge is 2.32. The SMILES string of the molecule is CCC(C)C(C)N1CCC(N2CCC(N)CC2)C1. The summed E-state index contributed by atoms with van der Waals surface area (Å²) in [6, 6.07) is 1.99. The van der Waals surface area contributed by atoms with Crippen molar-refractivity contribution >= 4 is 0 Å². The van der Waals surface area contributed by atoms with Gasteiger partial charge in [0.1, 0.15) is 0 Å². The van der Waals surface area contributed by atoms with E-state index in [1.807, 2.05) is 0 Å². The van der Waals surface area contributed by atoms with Gasteiger partial charge >= 0.3 is 0 Å². The van der Waals surface area contributed by atoms with Gasteiger partial charge in [0.15, 0.2) is 0 Å². The van der Waals surface area contributed by atoms with Gasteiger partial charge in [-0.15, -0.1) is 0 Å². The van der Waals surface area contributed by atoms with Gasteiger partial charge in [0.2, 0.25) is 0 Å². The summed E-state index contributed by atoms with van der Waals surface area (Å²) in [6.45, 7) is 12.1. The third-order valence-corrected chi connectivity index (χ3v) is 5.33. The minimum atomic E-state index is 0.456. The third-order valence-electron chi connectivity index (χ3n) is 5.33. The lowest BCUT2D eigenvalue weighted by molar-refractivity contribution is 0.135. The summed E-state index contributed by atoms with van der Waals surface area (Å²) in [4.78, 5) is 5.39. The van der Waals surface area contributed by atoms with Gasteiger partial charge in [0, 0.05) is 31.2 Å². The molecule has 2 aliphatic rings. The average molecular weight is 253 g/mol. The van der Waals surface area contributed by atoms with Crippen LogP contribution in [-0.4, -0.2) is 54.1 Å². The Bertz CT molecular complexity index is 248. The standard InChI is InChI=1S/C15H31N3/c1-4-12(2)13(3)18-10-7-15(11-18)17-8-5-14(16)6-9-17/h12-15H,4-11,16H2,1-3H3. The molecule has 0 bridgehead atoms. The van der Waals surface area contributed by atoms with Crippen LogP contribution in [0.15, 0.2) is 0 Å². The normalized spacial score (nSPS) is 31.7. The molecule has 2 aliphatic heterocycles. The first kappa shape index (κ1) is 14.3. The van der Waals surface area contributed by atoms with Crippen molar-refractivity contribution in [2.75, 3.05) is 26.2 Å². The second-order valence-corrected chi connectivity index (χ2v) is 6.44. The van der Waals surface area contributed by atoms with Crippen LogP contribution in [0.25, 0.3) is 0 Å². The van der Waals surface area contributed by atoms with Gasteiger partial charge in [0.05, 0.1) is 0 Å². The first-order chi connectivity index (χ1) is 8.61. The summed E-state index contributed by atoms with van der Waals surface area (Å²) in [5.41, 5.74) is 5.99. The molecule has 0 aromatic rings. The van der Waals surface area contributed by atoms with Crippen molar-refractivity contribution in [3.05, 3.63) is 0 Å². The van der Waals surface area contributed by atoms with Gasteiger partial charge < -0.3 is 5.73 Å². The summed E-state index contributed by atoms with van der Waals surface area (Å²) < 4.78 is 0. The highest BCUT2D eigenvalue weighted by Crippen LogP contribution is 2.24. The fourth-order valence-corrected chi connectivity index (χ4v) is 3.42. The van der Waals surface area contributed by atoms with E-state index in [0.29, 0.717) is 6.04 Å². The molecule has 106 valence electrons. The molecule has 18 heavy (non-hydrogen) atoms. The maximum absolute atomic E-state index is 5.99. The molecule has 2 rings (SSSR count). The van der Waals surface area contributed by atoms with Crippen LogP contribution in [0.4, 0.5) is 0 Å². The van der Waals surface area contributed by atoms with E-state index in [2.05, 4.69) is 30.6 Å². The molecule has 3 unspecified atom stereocenters. The summed E-state index contributed by atoms with van der Waals surface area (Å²) in [5, 5.41) is 0. The lowest BCUT2D eigenvalue weighted by Gasteiger charge is -2.35. The Morgan fingerprint density at radius 2 is 1.78 bits per heavy atom. The van der Waals surface area contributed by atoms with Gasteiger partial charge in [-0.2, -0.15) is 0 Å². The molecule has 0 aromatic heterocycles. The van der Waals surface area contributed by atoms with E-state index < -0.39 is 0 Å². The zero-order valence-corrected chi connectivity index (χ0v) is 12.4. The number of hydrogen-bond acceptors (Lipinski definition) is 3. The molecule has 0 saturated carbocycles. The highest BCUT2D eigenvalue weighted by atomic mass is 15.3. The minimum absolute atomic E-state index is 0.456. The van der Waals surface area contributed by atoms with E-state index in [1.165, 1.54) is 51.9 Å². The maximum Gasteiger partial charge on any atom is 0.0235 e. The van der Waals surface area contributed by atoms with Gasteiger partial charge in [0.25, 0.3) is 0 Å². The van der Waals surface area contributed by atoms with Crippen LogP contribution < -0.4 is 5.73 Å². The van der Waals surface area contributed by atoms with Crippen LogP contribution >= 0.6 is 0 Å². The molecule has 0 spiro atoms. The van der Waals surface area contributed by atoms with E-state index in [9.17, 15) is 0 Å². The Morgan fingerprint density at radius 3 is 2.39 bits per heavy atom. The zero-order valence-electron chi connectivity index (χ0n) is 12.4. The van der Waals surface area contributed by atoms with Crippen LogP contribution in [0.3, 0.4) is 0 Å². The molecule has 0 aromatic carbocycles. The second kappa shape index (κ2) is 6.36. The summed E-state index contributed by atoms with van der Waals surface area (Å²) >= 11 is 0. The smallest absolute Gasteiger partial charge is 0.0235 e. The average Bonchev–Trinajstić information content (AvgIpc) is 2.87. The lowest BCUT2D eigenvalue weighted by Crippen LogP contribution is -2.46. The first-order valence-corrected chi connectivity index (χ1v) is 7.85. The predicted octanol–water partition coefficient (Wildman–Crippen LogP) is 1.92. The number of rotatable bonds is 4. The fraction of sp³-hybridized carbons (Fsp3) is 1.00. The van der Waals surface area contributed by atoms with Crippen molar-refractivity contribution in [3.8, 4) is 0 Å². The Morgan fingerprint density at radius 1 is 1.11 bits per heavy atom. The van der Waals surface area contributed by atoms with Gasteiger partial charge in [-0.05, 0) is 45.2 Å². The van der Waals surface area contributed by atoms with Crippen LogP contribution in [0.2, 0.25) is 0 Å². The topological polar surface area (TPSA) is 32.5 Å². The second-order valence-electron chi connectivity index (χ2n) is 6.44. The monoisotopic (exact) mass is 253 g/mol. The van der Waals surface area contributed by atoms with Crippen LogP contribution in [-0.2, 0) is 0 Å². The number of piperidine rings is 1. The number of nitrogens with two attached hydrogens (primary N) is 1. The predicted molar refractivity (Wildman–Crippen MR) is 77.7 cm³/mol. The van der Waals surface area contributed by atoms with Gasteiger partial charge in [-0.1, -0.05) is 20.3 Å². The Kier molecular flexibility index (Phi) is 5.05. The molecular weight excluding hydrogens is 222 g/mol. The van der Waals surface area contributed by atoms with Crippen molar-refractivity contribution < 1.29 is 0 Å². The van der Waals surface area contributed by atoms with Crippen LogP contribution in [0, 0.1) is 5.92 Å². The Labute approximate surface area is 113 Å². The molecule has 3 atom stereocenters. The number of likely N-dealkylation sites (tertiary alicyclic amines) is 2. The van der Waals surface area contributed by atoms with Gasteiger partial charge in [-0.3, -0.25) is 9.80 Å². The summed E-state index contributed by atoms with van der Waals surface area (Å²) in [5.74, 6) is 0.818. The van der Waals surface area contributed by atoms with E-state index in [1.54, 1.807) is 0 Å². The van der Waals surface area contributed by atoms with E-state index in [-0.39, 0.29) is 0 Å². The Hall–Kier alpha value is -0.120. The van der Waals surface area contributed by atoms with Crippen molar-refractivity contribution in [3.63, 3.8) is 0 Å². The quantitative estimate of drug-likeness (QED) is 0.831. The molecular formula is C15H31N3. The molecule has 0 amide bonds. The van der Waals surface area contributed by atoms with Crippen molar-refractivity contribution in [2.24, 2.45) is 11.7 Å².